The van der Waals surface area contributed by atoms with E-state index in [4.69, 9.17) is 11.6 Å². The third kappa shape index (κ3) is 2.22. The molecule has 0 aromatic heterocycles. The predicted octanol–water partition coefficient (Wildman–Crippen LogP) is 2.38. The molecule has 0 aliphatic heterocycles. The minimum atomic E-state index is -0.241. The maximum absolute atomic E-state index is 11.2. The van der Waals surface area contributed by atoms with E-state index in [1.54, 1.807) is 12.1 Å². The number of rotatable bonds is 3. The van der Waals surface area contributed by atoms with E-state index in [1.807, 2.05) is 6.92 Å². The number of phenols is 1. The molecule has 0 fully saturated rings. The molecule has 13 heavy (non-hydrogen) atoms. The van der Waals surface area contributed by atoms with Crippen molar-refractivity contribution in [2.24, 2.45) is 0 Å². The summed E-state index contributed by atoms with van der Waals surface area (Å²) >= 11 is 5.39. The van der Waals surface area contributed by atoms with E-state index in [0.29, 0.717) is 5.56 Å². The van der Waals surface area contributed by atoms with E-state index in [0.717, 1.165) is 12.0 Å². The lowest BCUT2D eigenvalue weighted by molar-refractivity contribution is 0.101. The number of phenolic OH excluding ortho intramolecular Hbond substituents is 1. The predicted molar refractivity (Wildman–Crippen MR) is 52.5 cm³/mol. The van der Waals surface area contributed by atoms with E-state index >= 15 is 0 Å². The molecule has 2 nitrogen and oxygen atoms in total. The molecular weight excluding hydrogens is 188 g/mol. The number of ketones is 1. The van der Waals surface area contributed by atoms with Gasteiger partial charge in [-0.2, -0.15) is 0 Å². The van der Waals surface area contributed by atoms with Crippen LogP contribution in [-0.4, -0.2) is 16.8 Å². The van der Waals surface area contributed by atoms with Gasteiger partial charge < -0.3 is 5.11 Å². The van der Waals surface area contributed by atoms with Crippen LogP contribution in [-0.2, 0) is 6.42 Å². The van der Waals surface area contributed by atoms with Crippen LogP contribution in [0.2, 0.25) is 0 Å². The highest BCUT2D eigenvalue weighted by Crippen LogP contribution is 2.19. The fourth-order valence-corrected chi connectivity index (χ4v) is 1.24. The van der Waals surface area contributed by atoms with Crippen molar-refractivity contribution in [3.63, 3.8) is 0 Å². The summed E-state index contributed by atoms with van der Waals surface area (Å²) in [5.74, 6) is -0.335. The number of aromatic hydroxyl groups is 1. The zero-order valence-electron chi connectivity index (χ0n) is 7.38. The van der Waals surface area contributed by atoms with Crippen LogP contribution in [0.4, 0.5) is 0 Å². The molecule has 1 aromatic rings. The molecule has 0 heterocycles. The second-order valence-electron chi connectivity index (χ2n) is 2.76. The summed E-state index contributed by atoms with van der Waals surface area (Å²) in [6, 6.07) is 5.00. The highest BCUT2D eigenvalue weighted by molar-refractivity contribution is 6.30. The summed E-state index contributed by atoms with van der Waals surface area (Å²) in [6.45, 7) is 1.99. The maximum atomic E-state index is 11.2. The first kappa shape index (κ1) is 10.1. The lowest BCUT2D eigenvalue weighted by Gasteiger charge is -2.03. The van der Waals surface area contributed by atoms with Crippen molar-refractivity contribution < 1.29 is 9.90 Å². The number of halogens is 1. The van der Waals surface area contributed by atoms with Gasteiger partial charge in [0.15, 0.2) is 5.78 Å². The molecule has 3 heteroatoms. The third-order valence-electron chi connectivity index (χ3n) is 1.89. The van der Waals surface area contributed by atoms with Crippen molar-refractivity contribution in [1.82, 2.24) is 0 Å². The molecule has 1 aromatic carbocycles. The molecule has 0 saturated carbocycles. The van der Waals surface area contributed by atoms with Crippen molar-refractivity contribution in [2.75, 3.05) is 5.88 Å². The first-order chi connectivity index (χ1) is 6.19. The van der Waals surface area contributed by atoms with E-state index in [1.165, 1.54) is 6.07 Å². The van der Waals surface area contributed by atoms with Gasteiger partial charge in [-0.3, -0.25) is 4.79 Å². The van der Waals surface area contributed by atoms with Gasteiger partial charge in [-0.1, -0.05) is 13.0 Å². The molecule has 0 radical (unpaired) electrons. The number of benzene rings is 1. The number of carbonyl (C=O) groups excluding carboxylic acids is 1. The summed E-state index contributed by atoms with van der Waals surface area (Å²) in [6.07, 6.45) is 0.836. The Labute approximate surface area is 82.2 Å². The Morgan fingerprint density at radius 3 is 2.77 bits per heavy atom. The van der Waals surface area contributed by atoms with Gasteiger partial charge in [0.2, 0.25) is 0 Å². The van der Waals surface area contributed by atoms with Crippen molar-refractivity contribution >= 4 is 17.4 Å². The number of hydrogen-bond acceptors (Lipinski definition) is 2. The van der Waals surface area contributed by atoms with Gasteiger partial charge in [0.05, 0.1) is 11.4 Å². The second kappa shape index (κ2) is 4.28. The van der Waals surface area contributed by atoms with E-state index in [9.17, 15) is 9.90 Å². The smallest absolute Gasteiger partial charge is 0.181 e. The van der Waals surface area contributed by atoms with E-state index < -0.39 is 0 Å². The third-order valence-corrected chi connectivity index (χ3v) is 2.13. The summed E-state index contributed by atoms with van der Waals surface area (Å²) in [5.41, 5.74) is 1.33. The van der Waals surface area contributed by atoms with Crippen molar-refractivity contribution in [1.29, 1.82) is 0 Å². The Bertz CT molecular complexity index is 321. The lowest BCUT2D eigenvalue weighted by Crippen LogP contribution is -2.01. The Morgan fingerprint density at radius 2 is 2.23 bits per heavy atom. The highest BCUT2D eigenvalue weighted by Gasteiger charge is 2.09. The molecule has 70 valence electrons. The molecule has 1 rings (SSSR count). The average Bonchev–Trinajstić information content (AvgIpc) is 2.17. The Hall–Kier alpha value is -1.02. The molecule has 0 aliphatic carbocycles. The SMILES string of the molecule is CCc1ccc(O)c(C(=O)CCl)c1. The van der Waals surface area contributed by atoms with Crippen LogP contribution >= 0.6 is 11.6 Å². The zero-order valence-corrected chi connectivity index (χ0v) is 8.14. The topological polar surface area (TPSA) is 37.3 Å². The normalized spacial score (nSPS) is 10.0. The molecule has 0 atom stereocenters. The number of carbonyl (C=O) groups is 1. The van der Waals surface area contributed by atoms with Crippen LogP contribution in [0.5, 0.6) is 5.75 Å². The number of aryl methyl sites for hydroxylation is 1. The lowest BCUT2D eigenvalue weighted by atomic mass is 10.1. The minimum absolute atomic E-state index is 0.00264. The quantitative estimate of drug-likeness (QED) is 0.598. The van der Waals surface area contributed by atoms with Crippen LogP contribution in [0.1, 0.15) is 22.8 Å². The van der Waals surface area contributed by atoms with Crippen molar-refractivity contribution in [2.45, 2.75) is 13.3 Å². The van der Waals surface area contributed by atoms with Gasteiger partial charge in [0.1, 0.15) is 5.75 Å². The highest BCUT2D eigenvalue weighted by atomic mass is 35.5. The van der Waals surface area contributed by atoms with Crippen LogP contribution < -0.4 is 0 Å². The summed E-state index contributed by atoms with van der Waals surface area (Å²) in [5, 5.41) is 9.35. The summed E-state index contributed by atoms with van der Waals surface area (Å²) < 4.78 is 0. The molecule has 0 spiro atoms. The fourth-order valence-electron chi connectivity index (χ4n) is 1.10. The molecular formula is C10H11ClO2. The molecule has 0 amide bonds. The Balaban J connectivity index is 3.11. The van der Waals surface area contributed by atoms with Crippen LogP contribution in [0.15, 0.2) is 18.2 Å². The molecule has 0 bridgehead atoms. The largest absolute Gasteiger partial charge is 0.507 e. The van der Waals surface area contributed by atoms with Gasteiger partial charge in [-0.05, 0) is 24.1 Å². The van der Waals surface area contributed by atoms with Gasteiger partial charge in [0.25, 0.3) is 0 Å². The van der Waals surface area contributed by atoms with Gasteiger partial charge in [-0.15, -0.1) is 11.6 Å². The van der Waals surface area contributed by atoms with Crippen LogP contribution in [0.25, 0.3) is 0 Å². The number of alkyl halides is 1. The average molecular weight is 199 g/mol. The Kier molecular flexibility index (Phi) is 3.32. The van der Waals surface area contributed by atoms with Gasteiger partial charge >= 0.3 is 0 Å². The number of Topliss-reactive ketones (excluding diaryl/α,β-unsaturated/α-hetero) is 1. The standard InChI is InChI=1S/C10H11ClO2/c1-2-7-3-4-9(12)8(5-7)10(13)6-11/h3-5,12H,2,6H2,1H3. The monoisotopic (exact) mass is 198 g/mol. The zero-order chi connectivity index (χ0) is 9.84. The summed E-state index contributed by atoms with van der Waals surface area (Å²) in [4.78, 5) is 11.2. The van der Waals surface area contributed by atoms with Crippen molar-refractivity contribution in [3.8, 4) is 5.75 Å². The van der Waals surface area contributed by atoms with Crippen LogP contribution in [0.3, 0.4) is 0 Å². The van der Waals surface area contributed by atoms with Crippen molar-refractivity contribution in [3.05, 3.63) is 29.3 Å². The maximum Gasteiger partial charge on any atom is 0.181 e. The first-order valence-corrected chi connectivity index (χ1v) is 4.63. The second-order valence-corrected chi connectivity index (χ2v) is 3.03. The molecule has 0 unspecified atom stereocenters. The fraction of sp³-hybridized carbons (Fsp3) is 0.300. The molecule has 0 saturated heterocycles. The summed E-state index contributed by atoms with van der Waals surface area (Å²) in [7, 11) is 0. The van der Waals surface area contributed by atoms with Gasteiger partial charge in [0, 0.05) is 0 Å². The van der Waals surface area contributed by atoms with E-state index in [-0.39, 0.29) is 17.4 Å². The molecule has 0 aliphatic rings. The van der Waals surface area contributed by atoms with Crippen LogP contribution in [0, 0.1) is 0 Å². The molecule has 1 N–H and O–H groups in total. The Morgan fingerprint density at radius 1 is 1.54 bits per heavy atom. The van der Waals surface area contributed by atoms with Gasteiger partial charge in [-0.25, -0.2) is 0 Å². The number of hydrogen-bond donors (Lipinski definition) is 1. The first-order valence-electron chi connectivity index (χ1n) is 4.10. The van der Waals surface area contributed by atoms with E-state index in [2.05, 4.69) is 0 Å². The minimum Gasteiger partial charge on any atom is -0.507 e.